The number of H-pyrrole nitrogens is 1. The molecule has 0 saturated heterocycles. The summed E-state index contributed by atoms with van der Waals surface area (Å²) >= 11 is 5.32. The zero-order valence-corrected chi connectivity index (χ0v) is 15.7. The highest BCUT2D eigenvalue weighted by Crippen LogP contribution is 2.31. The van der Waals surface area contributed by atoms with E-state index in [1.54, 1.807) is 29.1 Å². The lowest BCUT2D eigenvalue weighted by molar-refractivity contribution is -0.132. The first-order valence-electron chi connectivity index (χ1n) is 8.66. The van der Waals surface area contributed by atoms with E-state index in [1.165, 1.54) is 33.3 Å². The number of rotatable bonds is 5. The van der Waals surface area contributed by atoms with Gasteiger partial charge in [-0.2, -0.15) is 14.9 Å². The molecule has 1 aromatic heterocycles. The maximum Gasteiger partial charge on any atom is 0.308 e. The van der Waals surface area contributed by atoms with E-state index >= 15 is 0 Å². The molecule has 0 aliphatic heterocycles. The van der Waals surface area contributed by atoms with E-state index in [4.69, 9.17) is 21.7 Å². The number of hydrogen-bond acceptors (Lipinski definition) is 6. The van der Waals surface area contributed by atoms with Crippen molar-refractivity contribution in [1.82, 2.24) is 14.9 Å². The standard InChI is InChI=1S/C18H22N4O3S/c1-12(23)25-15-9-8-13(10-16(15)24-2)11-19-22-17(20-21-18(22)26)14-6-4-3-5-7-14/h8-11,14H,3-7H2,1-2H3,(H,21,26)/b19-11+. The fraction of sp³-hybridized carbons (Fsp3) is 0.444. The lowest BCUT2D eigenvalue weighted by Gasteiger charge is -2.19. The minimum Gasteiger partial charge on any atom is -0.493 e. The average molecular weight is 374 g/mol. The molecular formula is C18H22N4O3S. The Morgan fingerprint density at radius 2 is 2.12 bits per heavy atom. The molecule has 0 unspecified atom stereocenters. The van der Waals surface area contributed by atoms with E-state index in [1.807, 2.05) is 0 Å². The number of carbonyl (C=O) groups excluding carboxylic acids is 1. The Morgan fingerprint density at radius 3 is 2.81 bits per heavy atom. The molecule has 3 rings (SSSR count). The topological polar surface area (TPSA) is 81.5 Å². The summed E-state index contributed by atoms with van der Waals surface area (Å²) in [4.78, 5) is 11.1. The zero-order valence-electron chi connectivity index (χ0n) is 14.9. The molecular weight excluding hydrogens is 352 g/mol. The van der Waals surface area contributed by atoms with Gasteiger partial charge in [0.25, 0.3) is 0 Å². The minimum absolute atomic E-state index is 0.375. The number of esters is 1. The number of hydrogen-bond donors (Lipinski definition) is 1. The van der Waals surface area contributed by atoms with Crippen LogP contribution in [-0.2, 0) is 4.79 Å². The normalized spacial score (nSPS) is 15.3. The summed E-state index contributed by atoms with van der Waals surface area (Å²) in [5, 5.41) is 11.7. The summed E-state index contributed by atoms with van der Waals surface area (Å²) in [5.74, 6) is 1.71. The molecule has 0 amide bonds. The van der Waals surface area contributed by atoms with Crippen LogP contribution in [0.15, 0.2) is 23.3 Å². The van der Waals surface area contributed by atoms with Gasteiger partial charge in [0.1, 0.15) is 0 Å². The summed E-state index contributed by atoms with van der Waals surface area (Å²) in [5.41, 5.74) is 0.801. The first kappa shape index (κ1) is 18.3. The van der Waals surface area contributed by atoms with Gasteiger partial charge in [0, 0.05) is 12.8 Å². The van der Waals surface area contributed by atoms with Crippen molar-refractivity contribution < 1.29 is 14.3 Å². The summed E-state index contributed by atoms with van der Waals surface area (Å²) in [6.07, 6.45) is 7.61. The molecule has 0 bridgehead atoms. The molecule has 1 saturated carbocycles. The highest BCUT2D eigenvalue weighted by Gasteiger charge is 2.21. The van der Waals surface area contributed by atoms with Crippen molar-refractivity contribution in [1.29, 1.82) is 0 Å². The van der Waals surface area contributed by atoms with E-state index in [0.29, 0.717) is 22.2 Å². The van der Waals surface area contributed by atoms with E-state index in [2.05, 4.69) is 15.3 Å². The van der Waals surface area contributed by atoms with Crippen LogP contribution >= 0.6 is 12.2 Å². The third kappa shape index (κ3) is 4.19. The summed E-state index contributed by atoms with van der Waals surface area (Å²) in [6, 6.07) is 5.23. The van der Waals surface area contributed by atoms with Crippen molar-refractivity contribution >= 4 is 24.4 Å². The van der Waals surface area contributed by atoms with Crippen molar-refractivity contribution in [3.63, 3.8) is 0 Å². The smallest absolute Gasteiger partial charge is 0.308 e. The molecule has 7 nitrogen and oxygen atoms in total. The lowest BCUT2D eigenvalue weighted by atomic mass is 9.89. The highest BCUT2D eigenvalue weighted by molar-refractivity contribution is 7.71. The van der Waals surface area contributed by atoms with Crippen LogP contribution in [-0.4, -0.2) is 34.2 Å². The SMILES string of the molecule is COc1cc(/C=N/n2c(C3CCCCC3)n[nH]c2=S)ccc1OC(C)=O. The average Bonchev–Trinajstić information content (AvgIpc) is 3.01. The highest BCUT2D eigenvalue weighted by atomic mass is 32.1. The van der Waals surface area contributed by atoms with Crippen molar-refractivity contribution in [2.24, 2.45) is 5.10 Å². The van der Waals surface area contributed by atoms with Gasteiger partial charge >= 0.3 is 5.97 Å². The second-order valence-corrected chi connectivity index (χ2v) is 6.67. The van der Waals surface area contributed by atoms with Crippen LogP contribution in [0.3, 0.4) is 0 Å². The maximum absolute atomic E-state index is 11.1. The van der Waals surface area contributed by atoms with Gasteiger partial charge in [0.05, 0.1) is 13.3 Å². The number of nitrogens with one attached hydrogen (secondary N) is 1. The third-order valence-corrected chi connectivity index (χ3v) is 4.67. The van der Waals surface area contributed by atoms with E-state index in [-0.39, 0.29) is 0 Å². The first-order chi connectivity index (χ1) is 12.6. The second-order valence-electron chi connectivity index (χ2n) is 6.28. The molecule has 138 valence electrons. The molecule has 1 aliphatic rings. The number of carbonyl (C=O) groups is 1. The Bertz CT molecular complexity index is 866. The second kappa shape index (κ2) is 8.27. The Balaban J connectivity index is 1.85. The molecule has 1 aromatic carbocycles. The molecule has 0 radical (unpaired) electrons. The molecule has 1 N–H and O–H groups in total. The van der Waals surface area contributed by atoms with Crippen LogP contribution < -0.4 is 9.47 Å². The molecule has 1 fully saturated rings. The van der Waals surface area contributed by atoms with Gasteiger partial charge in [-0.3, -0.25) is 9.89 Å². The van der Waals surface area contributed by atoms with E-state index in [0.717, 1.165) is 24.2 Å². The van der Waals surface area contributed by atoms with E-state index < -0.39 is 5.97 Å². The quantitative estimate of drug-likeness (QED) is 0.372. The van der Waals surface area contributed by atoms with Gasteiger partial charge in [-0.15, -0.1) is 0 Å². The zero-order chi connectivity index (χ0) is 18.5. The molecule has 2 aromatic rings. The number of ether oxygens (including phenoxy) is 2. The van der Waals surface area contributed by atoms with Crippen LogP contribution in [0, 0.1) is 4.77 Å². The monoisotopic (exact) mass is 374 g/mol. The van der Waals surface area contributed by atoms with Crippen LogP contribution in [0.4, 0.5) is 0 Å². The van der Waals surface area contributed by atoms with Crippen molar-refractivity contribution in [2.45, 2.75) is 44.9 Å². The number of nitrogens with zero attached hydrogens (tertiary/aromatic N) is 3. The fourth-order valence-corrected chi connectivity index (χ4v) is 3.35. The van der Waals surface area contributed by atoms with Gasteiger partial charge in [-0.05, 0) is 48.8 Å². The first-order valence-corrected chi connectivity index (χ1v) is 9.07. The molecule has 26 heavy (non-hydrogen) atoms. The van der Waals surface area contributed by atoms with E-state index in [9.17, 15) is 4.79 Å². The van der Waals surface area contributed by atoms with Crippen molar-refractivity contribution in [3.8, 4) is 11.5 Å². The van der Waals surface area contributed by atoms with Crippen LogP contribution in [0.2, 0.25) is 0 Å². The molecule has 0 spiro atoms. The Hall–Kier alpha value is -2.48. The van der Waals surface area contributed by atoms with Crippen LogP contribution in [0.25, 0.3) is 0 Å². The minimum atomic E-state index is -0.397. The summed E-state index contributed by atoms with van der Waals surface area (Å²) < 4.78 is 12.6. The number of aromatic nitrogens is 3. The number of methoxy groups -OCH3 is 1. The Kier molecular flexibility index (Phi) is 5.82. The van der Waals surface area contributed by atoms with Crippen molar-refractivity contribution in [3.05, 3.63) is 34.4 Å². The largest absolute Gasteiger partial charge is 0.493 e. The molecule has 0 atom stereocenters. The third-order valence-electron chi connectivity index (χ3n) is 4.41. The molecule has 1 aliphatic carbocycles. The fourth-order valence-electron chi connectivity index (χ4n) is 3.17. The summed E-state index contributed by atoms with van der Waals surface area (Å²) in [7, 11) is 1.52. The van der Waals surface area contributed by atoms with Gasteiger partial charge in [0.15, 0.2) is 17.3 Å². The maximum atomic E-state index is 11.1. The van der Waals surface area contributed by atoms with Crippen molar-refractivity contribution in [2.75, 3.05) is 7.11 Å². The van der Waals surface area contributed by atoms with Crippen LogP contribution in [0.1, 0.15) is 56.3 Å². The Labute approximate surface area is 157 Å². The predicted octanol–water partition coefficient (Wildman–Crippen LogP) is 3.80. The number of benzene rings is 1. The molecule has 1 heterocycles. The van der Waals surface area contributed by atoms with Crippen LogP contribution in [0.5, 0.6) is 11.5 Å². The van der Waals surface area contributed by atoms with Gasteiger partial charge in [-0.1, -0.05) is 19.3 Å². The van der Waals surface area contributed by atoms with Gasteiger partial charge in [-0.25, -0.2) is 0 Å². The Morgan fingerprint density at radius 1 is 1.35 bits per heavy atom. The van der Waals surface area contributed by atoms with Gasteiger partial charge < -0.3 is 9.47 Å². The molecule has 8 heteroatoms. The lowest BCUT2D eigenvalue weighted by Crippen LogP contribution is -2.10. The summed E-state index contributed by atoms with van der Waals surface area (Å²) in [6.45, 7) is 1.35. The number of aromatic amines is 1. The van der Waals surface area contributed by atoms with Gasteiger partial charge in [0.2, 0.25) is 4.77 Å². The predicted molar refractivity (Wildman–Crippen MR) is 101 cm³/mol.